The summed E-state index contributed by atoms with van der Waals surface area (Å²) in [4.78, 5) is 13.9. The van der Waals surface area contributed by atoms with Crippen LogP contribution in [0.15, 0.2) is 6.07 Å². The van der Waals surface area contributed by atoms with E-state index in [1.54, 1.807) is 7.11 Å². The fraction of sp³-hybridized carbons (Fsp3) is 0.733. The fourth-order valence-corrected chi connectivity index (χ4v) is 2.53. The van der Waals surface area contributed by atoms with E-state index in [9.17, 15) is 0 Å². The van der Waals surface area contributed by atoms with Gasteiger partial charge in [-0.1, -0.05) is 6.92 Å². The third kappa shape index (κ3) is 4.82. The van der Waals surface area contributed by atoms with Gasteiger partial charge in [-0.15, -0.1) is 0 Å². The highest BCUT2D eigenvalue weighted by Crippen LogP contribution is 2.17. The van der Waals surface area contributed by atoms with Crippen molar-refractivity contribution in [1.29, 1.82) is 0 Å². The summed E-state index contributed by atoms with van der Waals surface area (Å²) in [6, 6.07) is 2.06. The molecular weight excluding hydrogens is 266 g/mol. The molecule has 1 saturated heterocycles. The van der Waals surface area contributed by atoms with Crippen LogP contribution < -0.4 is 10.2 Å². The lowest BCUT2D eigenvalue weighted by Crippen LogP contribution is -2.46. The van der Waals surface area contributed by atoms with Crippen LogP contribution in [0, 0.1) is 6.92 Å². The van der Waals surface area contributed by atoms with E-state index in [0.717, 1.165) is 69.8 Å². The van der Waals surface area contributed by atoms with Crippen molar-refractivity contribution in [2.45, 2.75) is 20.3 Å². The Bertz CT molecular complexity index is 432. The number of aromatic nitrogens is 2. The molecular formula is C15H27N5O. The Morgan fingerprint density at radius 2 is 2.00 bits per heavy atom. The van der Waals surface area contributed by atoms with Crippen LogP contribution in [0.1, 0.15) is 19.2 Å². The van der Waals surface area contributed by atoms with Crippen LogP contribution in [-0.2, 0) is 4.74 Å². The Morgan fingerprint density at radius 3 is 2.67 bits per heavy atom. The van der Waals surface area contributed by atoms with Gasteiger partial charge >= 0.3 is 0 Å². The molecule has 1 aromatic heterocycles. The Morgan fingerprint density at radius 1 is 1.24 bits per heavy atom. The minimum atomic E-state index is 0.767. The monoisotopic (exact) mass is 293 g/mol. The minimum absolute atomic E-state index is 0.767. The summed E-state index contributed by atoms with van der Waals surface area (Å²) in [6.07, 6.45) is 0.976. The summed E-state index contributed by atoms with van der Waals surface area (Å²) in [6.45, 7) is 11.2. The highest BCUT2D eigenvalue weighted by Gasteiger charge is 2.17. The maximum Gasteiger partial charge on any atom is 0.134 e. The normalized spacial score (nSPS) is 16.2. The second-order valence-corrected chi connectivity index (χ2v) is 5.35. The van der Waals surface area contributed by atoms with Crippen molar-refractivity contribution in [2.24, 2.45) is 0 Å². The molecule has 0 bridgehead atoms. The van der Waals surface area contributed by atoms with Gasteiger partial charge in [0.2, 0.25) is 0 Å². The summed E-state index contributed by atoms with van der Waals surface area (Å²) in [5.74, 6) is 2.76. The van der Waals surface area contributed by atoms with Gasteiger partial charge in [0.1, 0.15) is 17.5 Å². The van der Waals surface area contributed by atoms with Gasteiger partial charge in [0.05, 0.1) is 0 Å². The SMILES string of the molecule is CCN1CCN(c2cc(NCCCOC)nc(C)n2)CC1. The van der Waals surface area contributed by atoms with Gasteiger partial charge < -0.3 is 19.9 Å². The van der Waals surface area contributed by atoms with Crippen LogP contribution in [-0.4, -0.2) is 67.9 Å². The molecule has 0 aliphatic carbocycles. The van der Waals surface area contributed by atoms with E-state index in [-0.39, 0.29) is 0 Å². The molecule has 21 heavy (non-hydrogen) atoms. The number of nitrogens with zero attached hydrogens (tertiary/aromatic N) is 4. The summed E-state index contributed by atoms with van der Waals surface area (Å²) in [5.41, 5.74) is 0. The lowest BCUT2D eigenvalue weighted by molar-refractivity contribution is 0.198. The zero-order chi connectivity index (χ0) is 15.1. The first-order valence-corrected chi connectivity index (χ1v) is 7.78. The molecule has 0 spiro atoms. The number of hydrogen-bond acceptors (Lipinski definition) is 6. The molecule has 118 valence electrons. The maximum absolute atomic E-state index is 5.06. The predicted molar refractivity (Wildman–Crippen MR) is 86.1 cm³/mol. The molecule has 1 aromatic rings. The number of likely N-dealkylation sites (N-methyl/N-ethyl adjacent to an activating group) is 1. The number of anilines is 2. The fourth-order valence-electron chi connectivity index (χ4n) is 2.53. The van der Waals surface area contributed by atoms with Gasteiger partial charge in [-0.25, -0.2) is 9.97 Å². The van der Waals surface area contributed by atoms with Crippen molar-refractivity contribution < 1.29 is 4.74 Å². The number of piperazine rings is 1. The van der Waals surface area contributed by atoms with E-state index in [2.05, 4.69) is 38.1 Å². The maximum atomic E-state index is 5.06. The average Bonchev–Trinajstić information content (AvgIpc) is 2.51. The molecule has 0 saturated carbocycles. The van der Waals surface area contributed by atoms with E-state index in [1.807, 2.05) is 6.92 Å². The molecule has 2 rings (SSSR count). The molecule has 1 aliphatic rings. The van der Waals surface area contributed by atoms with E-state index in [0.29, 0.717) is 0 Å². The Labute approximate surface area is 127 Å². The zero-order valence-electron chi connectivity index (χ0n) is 13.4. The van der Waals surface area contributed by atoms with Gasteiger partial charge in [-0.05, 0) is 19.9 Å². The smallest absolute Gasteiger partial charge is 0.134 e. The number of aryl methyl sites for hydroxylation is 1. The van der Waals surface area contributed by atoms with Crippen LogP contribution in [0.25, 0.3) is 0 Å². The first-order chi connectivity index (χ1) is 10.2. The molecule has 0 unspecified atom stereocenters. The van der Waals surface area contributed by atoms with E-state index >= 15 is 0 Å². The van der Waals surface area contributed by atoms with Gasteiger partial charge in [0.25, 0.3) is 0 Å². The third-order valence-electron chi connectivity index (χ3n) is 3.80. The summed E-state index contributed by atoms with van der Waals surface area (Å²) < 4.78 is 5.06. The molecule has 1 aliphatic heterocycles. The van der Waals surface area contributed by atoms with Crippen LogP contribution >= 0.6 is 0 Å². The summed E-state index contributed by atoms with van der Waals surface area (Å²) >= 11 is 0. The predicted octanol–water partition coefficient (Wildman–Crippen LogP) is 1.38. The number of nitrogens with one attached hydrogen (secondary N) is 1. The second kappa shape index (κ2) is 8.14. The minimum Gasteiger partial charge on any atom is -0.385 e. The Balaban J connectivity index is 1.95. The lowest BCUT2D eigenvalue weighted by Gasteiger charge is -2.34. The molecule has 0 aromatic carbocycles. The van der Waals surface area contributed by atoms with Crippen LogP contribution in [0.5, 0.6) is 0 Å². The second-order valence-electron chi connectivity index (χ2n) is 5.35. The van der Waals surface area contributed by atoms with E-state index in [1.165, 1.54) is 0 Å². The first-order valence-electron chi connectivity index (χ1n) is 7.78. The quantitative estimate of drug-likeness (QED) is 0.767. The Hall–Kier alpha value is -1.40. The van der Waals surface area contributed by atoms with Crippen molar-refractivity contribution >= 4 is 11.6 Å². The largest absolute Gasteiger partial charge is 0.385 e. The van der Waals surface area contributed by atoms with Crippen LogP contribution in [0.4, 0.5) is 11.6 Å². The summed E-state index contributed by atoms with van der Waals surface area (Å²) in [7, 11) is 1.73. The van der Waals surface area contributed by atoms with Crippen molar-refractivity contribution in [2.75, 3.05) is 63.2 Å². The lowest BCUT2D eigenvalue weighted by atomic mass is 10.3. The van der Waals surface area contributed by atoms with Crippen molar-refractivity contribution in [3.63, 3.8) is 0 Å². The Kier molecular flexibility index (Phi) is 6.20. The van der Waals surface area contributed by atoms with Gasteiger partial charge in [-0.3, -0.25) is 0 Å². The topological polar surface area (TPSA) is 53.5 Å². The number of methoxy groups -OCH3 is 1. The molecule has 6 heteroatoms. The molecule has 0 radical (unpaired) electrons. The molecule has 6 nitrogen and oxygen atoms in total. The number of hydrogen-bond donors (Lipinski definition) is 1. The highest BCUT2D eigenvalue weighted by atomic mass is 16.5. The standard InChI is InChI=1S/C15H27N5O/c1-4-19-7-9-20(10-8-19)15-12-14(17-13(2)18-15)16-6-5-11-21-3/h12H,4-11H2,1-3H3,(H,16,17,18). The molecule has 0 amide bonds. The molecule has 1 N–H and O–H groups in total. The third-order valence-corrected chi connectivity index (χ3v) is 3.80. The van der Waals surface area contributed by atoms with Crippen molar-refractivity contribution in [3.05, 3.63) is 11.9 Å². The highest BCUT2D eigenvalue weighted by molar-refractivity contribution is 5.49. The van der Waals surface area contributed by atoms with E-state index < -0.39 is 0 Å². The van der Waals surface area contributed by atoms with Gasteiger partial charge in [0, 0.05) is 52.5 Å². The zero-order valence-corrected chi connectivity index (χ0v) is 13.4. The first kappa shape index (κ1) is 16.0. The van der Waals surface area contributed by atoms with Crippen LogP contribution in [0.2, 0.25) is 0 Å². The van der Waals surface area contributed by atoms with Gasteiger partial charge in [0.15, 0.2) is 0 Å². The number of ether oxygens (including phenoxy) is 1. The molecule has 0 atom stereocenters. The van der Waals surface area contributed by atoms with Gasteiger partial charge in [-0.2, -0.15) is 0 Å². The van der Waals surface area contributed by atoms with Crippen molar-refractivity contribution in [3.8, 4) is 0 Å². The van der Waals surface area contributed by atoms with Crippen molar-refractivity contribution in [1.82, 2.24) is 14.9 Å². The van der Waals surface area contributed by atoms with E-state index in [4.69, 9.17) is 4.74 Å². The molecule has 2 heterocycles. The summed E-state index contributed by atoms with van der Waals surface area (Å²) in [5, 5.41) is 3.35. The number of rotatable bonds is 7. The average molecular weight is 293 g/mol. The van der Waals surface area contributed by atoms with Crippen LogP contribution in [0.3, 0.4) is 0 Å². The molecule has 1 fully saturated rings.